The van der Waals surface area contributed by atoms with Gasteiger partial charge in [0.05, 0.1) is 11.7 Å². The van der Waals surface area contributed by atoms with E-state index in [0.29, 0.717) is 6.04 Å². The Labute approximate surface area is 127 Å². The third kappa shape index (κ3) is 3.63. The van der Waals surface area contributed by atoms with E-state index in [1.165, 1.54) is 56.4 Å². The molecule has 0 atom stereocenters. The number of aromatic nitrogens is 2. The maximum absolute atomic E-state index is 4.40. The molecular weight excluding hydrogens is 260 g/mol. The molecule has 21 heavy (non-hydrogen) atoms. The lowest BCUT2D eigenvalue weighted by molar-refractivity contribution is 0.195. The van der Waals surface area contributed by atoms with Gasteiger partial charge in [-0.05, 0) is 51.0 Å². The van der Waals surface area contributed by atoms with Gasteiger partial charge < -0.3 is 10.2 Å². The second kappa shape index (κ2) is 7.05. The van der Waals surface area contributed by atoms with Crippen molar-refractivity contribution in [1.82, 2.24) is 19.8 Å². The number of piperidine rings is 1. The molecule has 2 aromatic rings. The van der Waals surface area contributed by atoms with Crippen LogP contribution < -0.4 is 5.32 Å². The lowest BCUT2D eigenvalue weighted by Crippen LogP contribution is -2.42. The zero-order valence-corrected chi connectivity index (χ0v) is 13.0. The predicted molar refractivity (Wildman–Crippen MR) is 86.4 cm³/mol. The van der Waals surface area contributed by atoms with E-state index in [1.54, 1.807) is 0 Å². The molecule has 4 nitrogen and oxygen atoms in total. The van der Waals surface area contributed by atoms with Crippen molar-refractivity contribution >= 4 is 5.52 Å². The van der Waals surface area contributed by atoms with Gasteiger partial charge >= 0.3 is 0 Å². The number of pyridine rings is 1. The summed E-state index contributed by atoms with van der Waals surface area (Å²) in [4.78, 5) is 2.61. The number of rotatable bonds is 6. The molecule has 3 heterocycles. The van der Waals surface area contributed by atoms with Gasteiger partial charge in [0.25, 0.3) is 0 Å². The number of hydrogen-bond acceptors (Lipinski definition) is 3. The summed E-state index contributed by atoms with van der Waals surface area (Å²) in [5.41, 5.74) is 2.51. The molecule has 0 radical (unpaired) electrons. The Hall–Kier alpha value is -1.39. The summed E-state index contributed by atoms with van der Waals surface area (Å²) in [6.45, 7) is 6.95. The summed E-state index contributed by atoms with van der Waals surface area (Å²) in [6.07, 6.45) is 9.16. The fourth-order valence-electron chi connectivity index (χ4n) is 3.12. The lowest BCUT2D eigenvalue weighted by Gasteiger charge is -2.32. The van der Waals surface area contributed by atoms with Crippen molar-refractivity contribution < 1.29 is 0 Å². The van der Waals surface area contributed by atoms with Crippen molar-refractivity contribution in [3.63, 3.8) is 0 Å². The van der Waals surface area contributed by atoms with Crippen LogP contribution in [0.4, 0.5) is 0 Å². The Bertz CT molecular complexity index is 555. The van der Waals surface area contributed by atoms with Crippen LogP contribution in [-0.2, 0) is 6.54 Å². The zero-order valence-electron chi connectivity index (χ0n) is 13.0. The molecule has 1 aliphatic rings. The molecular formula is C17H26N4. The molecule has 0 aliphatic carbocycles. The normalized spacial score (nSPS) is 17.6. The highest BCUT2D eigenvalue weighted by molar-refractivity contribution is 5.53. The summed E-state index contributed by atoms with van der Waals surface area (Å²) in [5, 5.41) is 8.11. The maximum Gasteiger partial charge on any atom is 0.0706 e. The molecule has 0 bridgehead atoms. The van der Waals surface area contributed by atoms with Crippen LogP contribution in [0.15, 0.2) is 30.6 Å². The van der Waals surface area contributed by atoms with Crippen LogP contribution in [0.2, 0.25) is 0 Å². The second-order valence-corrected chi connectivity index (χ2v) is 6.05. The van der Waals surface area contributed by atoms with Crippen LogP contribution in [0, 0.1) is 0 Å². The topological polar surface area (TPSA) is 32.6 Å². The monoisotopic (exact) mass is 286 g/mol. The highest BCUT2D eigenvalue weighted by Crippen LogP contribution is 2.14. The number of fused-ring (bicyclic) bond motifs is 1. The minimum absolute atomic E-state index is 0.654. The Balaban J connectivity index is 1.48. The third-order valence-electron chi connectivity index (χ3n) is 4.50. The number of hydrogen-bond donors (Lipinski definition) is 1. The highest BCUT2D eigenvalue weighted by atomic mass is 15.2. The third-order valence-corrected chi connectivity index (χ3v) is 4.50. The standard InChI is InChI=1S/C17H26N4/c1-2-3-9-20-11-7-16(8-12-20)18-13-15-14-19-21-10-5-4-6-17(15)21/h4-6,10,14,16,18H,2-3,7-9,11-13H2,1H3. The van der Waals surface area contributed by atoms with Crippen LogP contribution in [0.25, 0.3) is 5.52 Å². The number of likely N-dealkylation sites (tertiary alicyclic amines) is 1. The molecule has 2 aromatic heterocycles. The minimum atomic E-state index is 0.654. The molecule has 3 rings (SSSR count). The van der Waals surface area contributed by atoms with E-state index < -0.39 is 0 Å². The van der Waals surface area contributed by atoms with Gasteiger partial charge in [0.2, 0.25) is 0 Å². The number of unbranched alkanes of at least 4 members (excludes halogenated alkanes) is 1. The quantitative estimate of drug-likeness (QED) is 0.886. The Morgan fingerprint density at radius 2 is 2.14 bits per heavy atom. The first-order valence-corrected chi connectivity index (χ1v) is 8.24. The smallest absolute Gasteiger partial charge is 0.0706 e. The van der Waals surface area contributed by atoms with E-state index in [2.05, 4.69) is 34.4 Å². The van der Waals surface area contributed by atoms with Gasteiger partial charge in [-0.15, -0.1) is 0 Å². The van der Waals surface area contributed by atoms with E-state index in [0.717, 1.165) is 6.54 Å². The highest BCUT2D eigenvalue weighted by Gasteiger charge is 2.18. The van der Waals surface area contributed by atoms with Crippen molar-refractivity contribution in [3.05, 3.63) is 36.2 Å². The summed E-state index contributed by atoms with van der Waals surface area (Å²) < 4.78 is 1.95. The largest absolute Gasteiger partial charge is 0.310 e. The van der Waals surface area contributed by atoms with Gasteiger partial charge in [-0.3, -0.25) is 0 Å². The molecule has 1 aliphatic heterocycles. The Morgan fingerprint density at radius 1 is 1.29 bits per heavy atom. The van der Waals surface area contributed by atoms with E-state index in [4.69, 9.17) is 0 Å². The molecule has 0 unspecified atom stereocenters. The summed E-state index contributed by atoms with van der Waals surface area (Å²) in [5.74, 6) is 0. The Kier molecular flexibility index (Phi) is 4.88. The van der Waals surface area contributed by atoms with Crippen LogP contribution in [0.3, 0.4) is 0 Å². The van der Waals surface area contributed by atoms with Gasteiger partial charge in [0.15, 0.2) is 0 Å². The fraction of sp³-hybridized carbons (Fsp3) is 0.588. The Morgan fingerprint density at radius 3 is 2.95 bits per heavy atom. The summed E-state index contributed by atoms with van der Waals surface area (Å²) in [7, 11) is 0. The molecule has 0 spiro atoms. The molecule has 0 saturated carbocycles. The molecule has 0 amide bonds. The zero-order chi connectivity index (χ0) is 14.5. The van der Waals surface area contributed by atoms with Crippen LogP contribution >= 0.6 is 0 Å². The van der Waals surface area contributed by atoms with Crippen molar-refractivity contribution in [2.75, 3.05) is 19.6 Å². The average molecular weight is 286 g/mol. The van der Waals surface area contributed by atoms with Gasteiger partial charge in [0.1, 0.15) is 0 Å². The van der Waals surface area contributed by atoms with Gasteiger partial charge in [-0.2, -0.15) is 5.10 Å². The summed E-state index contributed by atoms with van der Waals surface area (Å²) in [6, 6.07) is 6.88. The lowest BCUT2D eigenvalue weighted by atomic mass is 10.0. The second-order valence-electron chi connectivity index (χ2n) is 6.05. The van der Waals surface area contributed by atoms with E-state index >= 15 is 0 Å². The molecule has 1 fully saturated rings. The van der Waals surface area contributed by atoms with Crippen molar-refractivity contribution in [1.29, 1.82) is 0 Å². The number of nitrogens with one attached hydrogen (secondary N) is 1. The molecule has 0 aromatic carbocycles. The van der Waals surface area contributed by atoms with Gasteiger partial charge in [0, 0.05) is 24.3 Å². The fourth-order valence-corrected chi connectivity index (χ4v) is 3.12. The van der Waals surface area contributed by atoms with Crippen LogP contribution in [-0.4, -0.2) is 40.2 Å². The van der Waals surface area contributed by atoms with E-state index in [1.807, 2.05) is 23.0 Å². The van der Waals surface area contributed by atoms with Gasteiger partial charge in [-0.25, -0.2) is 4.52 Å². The van der Waals surface area contributed by atoms with Crippen molar-refractivity contribution in [3.8, 4) is 0 Å². The molecule has 4 heteroatoms. The molecule has 114 valence electrons. The van der Waals surface area contributed by atoms with Crippen LogP contribution in [0.1, 0.15) is 38.2 Å². The van der Waals surface area contributed by atoms with Crippen LogP contribution in [0.5, 0.6) is 0 Å². The first-order valence-electron chi connectivity index (χ1n) is 8.24. The average Bonchev–Trinajstić information content (AvgIpc) is 2.95. The van der Waals surface area contributed by atoms with E-state index in [9.17, 15) is 0 Å². The molecule has 1 N–H and O–H groups in total. The maximum atomic E-state index is 4.40. The first kappa shape index (κ1) is 14.5. The number of nitrogens with zero attached hydrogens (tertiary/aromatic N) is 3. The SMILES string of the molecule is CCCCN1CCC(NCc2cnn3ccccc23)CC1. The minimum Gasteiger partial charge on any atom is -0.310 e. The molecule has 1 saturated heterocycles. The van der Waals surface area contributed by atoms with Gasteiger partial charge in [-0.1, -0.05) is 19.4 Å². The van der Waals surface area contributed by atoms with E-state index in [-0.39, 0.29) is 0 Å². The predicted octanol–water partition coefficient (Wildman–Crippen LogP) is 2.69. The van der Waals surface area contributed by atoms with Crippen molar-refractivity contribution in [2.24, 2.45) is 0 Å². The van der Waals surface area contributed by atoms with Crippen molar-refractivity contribution in [2.45, 2.75) is 45.2 Å². The summed E-state index contributed by atoms with van der Waals surface area (Å²) >= 11 is 0. The first-order chi connectivity index (χ1) is 10.4.